The van der Waals surface area contributed by atoms with Crippen molar-refractivity contribution in [3.63, 3.8) is 0 Å². The van der Waals surface area contributed by atoms with Gasteiger partial charge in [0, 0.05) is 30.1 Å². The van der Waals surface area contributed by atoms with Crippen LogP contribution < -0.4 is 15.6 Å². The van der Waals surface area contributed by atoms with Gasteiger partial charge in [-0.25, -0.2) is 4.98 Å². The van der Waals surface area contributed by atoms with Crippen LogP contribution in [-0.4, -0.2) is 33.3 Å². The lowest BCUT2D eigenvalue weighted by atomic mass is 10.1. The highest BCUT2D eigenvalue weighted by atomic mass is 32.2. The van der Waals surface area contributed by atoms with E-state index < -0.39 is 0 Å². The summed E-state index contributed by atoms with van der Waals surface area (Å²) in [6.45, 7) is 2.34. The van der Waals surface area contributed by atoms with E-state index >= 15 is 0 Å². The monoisotopic (exact) mass is 434 g/mol. The number of hydrogen-bond donors (Lipinski definition) is 2. The number of aromatic nitrogens is 3. The van der Waals surface area contributed by atoms with E-state index in [1.54, 1.807) is 30.0 Å². The Morgan fingerprint density at radius 3 is 2.74 bits per heavy atom. The van der Waals surface area contributed by atoms with Crippen LogP contribution in [0.1, 0.15) is 6.92 Å². The molecular formula is C23H22N4O3S. The standard InChI is InChI=1S/C23H22N4O3S/c1-3-27-22(29)21-20(18(13-24-21)15-8-5-4-6-9-15)26-23(27)31-14-19(28)25-16-10-7-11-17(12-16)30-2/h4-13,24H,3,14H2,1-2H3,(H,25,28). The molecule has 2 aromatic carbocycles. The summed E-state index contributed by atoms with van der Waals surface area (Å²) in [5.41, 5.74) is 3.41. The lowest BCUT2D eigenvalue weighted by Crippen LogP contribution is -2.23. The Morgan fingerprint density at radius 1 is 1.19 bits per heavy atom. The molecule has 4 rings (SSSR count). The Kier molecular flexibility index (Phi) is 6.08. The molecule has 0 aliphatic rings. The van der Waals surface area contributed by atoms with Crippen LogP contribution in [-0.2, 0) is 11.3 Å². The van der Waals surface area contributed by atoms with Crippen molar-refractivity contribution in [2.45, 2.75) is 18.6 Å². The van der Waals surface area contributed by atoms with Gasteiger partial charge in [-0.15, -0.1) is 0 Å². The fourth-order valence-corrected chi connectivity index (χ4v) is 4.18. The van der Waals surface area contributed by atoms with Crippen molar-refractivity contribution in [2.24, 2.45) is 0 Å². The number of ether oxygens (including phenoxy) is 1. The van der Waals surface area contributed by atoms with Crippen LogP contribution in [0.3, 0.4) is 0 Å². The Hall–Kier alpha value is -3.52. The molecule has 0 aliphatic heterocycles. The maximum Gasteiger partial charge on any atom is 0.278 e. The number of H-pyrrole nitrogens is 1. The molecule has 1 amide bonds. The summed E-state index contributed by atoms with van der Waals surface area (Å²) in [4.78, 5) is 33.3. The van der Waals surface area contributed by atoms with Crippen LogP contribution in [0.4, 0.5) is 5.69 Å². The Morgan fingerprint density at radius 2 is 2.00 bits per heavy atom. The third-order valence-corrected chi connectivity index (χ3v) is 5.81. The quantitative estimate of drug-likeness (QED) is 0.337. The van der Waals surface area contributed by atoms with E-state index in [2.05, 4.69) is 10.3 Å². The number of nitrogens with zero attached hydrogens (tertiary/aromatic N) is 2. The third-order valence-electron chi connectivity index (χ3n) is 4.84. The second kappa shape index (κ2) is 9.09. The first-order chi connectivity index (χ1) is 15.1. The number of aromatic amines is 1. The van der Waals surface area contributed by atoms with Gasteiger partial charge in [0.2, 0.25) is 5.91 Å². The van der Waals surface area contributed by atoms with E-state index in [9.17, 15) is 9.59 Å². The number of anilines is 1. The predicted molar refractivity (Wildman–Crippen MR) is 124 cm³/mol. The first-order valence-electron chi connectivity index (χ1n) is 9.84. The fraction of sp³-hybridized carbons (Fsp3) is 0.174. The number of benzene rings is 2. The second-order valence-electron chi connectivity index (χ2n) is 6.80. The van der Waals surface area contributed by atoms with E-state index in [1.165, 1.54) is 11.8 Å². The van der Waals surface area contributed by atoms with Gasteiger partial charge in [0.1, 0.15) is 16.8 Å². The molecule has 2 heterocycles. The van der Waals surface area contributed by atoms with Crippen molar-refractivity contribution in [2.75, 3.05) is 18.2 Å². The maximum atomic E-state index is 13.0. The highest BCUT2D eigenvalue weighted by molar-refractivity contribution is 7.99. The molecule has 0 atom stereocenters. The SMILES string of the molecule is CCn1c(SCC(=O)Nc2cccc(OC)c2)nc2c(-c3ccccc3)c[nH]c2c1=O. The van der Waals surface area contributed by atoms with Gasteiger partial charge in [0.05, 0.1) is 12.9 Å². The van der Waals surface area contributed by atoms with Crippen molar-refractivity contribution in [3.8, 4) is 16.9 Å². The molecule has 2 aromatic heterocycles. The van der Waals surface area contributed by atoms with Gasteiger partial charge in [-0.3, -0.25) is 14.2 Å². The number of rotatable bonds is 7. The largest absolute Gasteiger partial charge is 0.497 e. The molecule has 0 saturated heterocycles. The molecule has 0 unspecified atom stereocenters. The lowest BCUT2D eigenvalue weighted by Gasteiger charge is -2.11. The topological polar surface area (TPSA) is 89.0 Å². The van der Waals surface area contributed by atoms with Gasteiger partial charge in [-0.05, 0) is 24.6 Å². The highest BCUT2D eigenvalue weighted by Crippen LogP contribution is 2.27. The summed E-state index contributed by atoms with van der Waals surface area (Å²) in [5, 5.41) is 3.36. The molecule has 0 bridgehead atoms. The normalized spacial score (nSPS) is 10.9. The zero-order chi connectivity index (χ0) is 21.8. The summed E-state index contributed by atoms with van der Waals surface area (Å²) in [6, 6.07) is 16.9. The van der Waals surface area contributed by atoms with Crippen LogP contribution in [0, 0.1) is 0 Å². The van der Waals surface area contributed by atoms with Gasteiger partial charge in [0.25, 0.3) is 5.56 Å². The van der Waals surface area contributed by atoms with Gasteiger partial charge in [-0.1, -0.05) is 48.2 Å². The van der Waals surface area contributed by atoms with E-state index in [4.69, 9.17) is 9.72 Å². The number of nitrogens with one attached hydrogen (secondary N) is 2. The van der Waals surface area contributed by atoms with Gasteiger partial charge < -0.3 is 15.0 Å². The van der Waals surface area contributed by atoms with Crippen LogP contribution in [0.15, 0.2) is 70.7 Å². The zero-order valence-electron chi connectivity index (χ0n) is 17.2. The van der Waals surface area contributed by atoms with Gasteiger partial charge >= 0.3 is 0 Å². The zero-order valence-corrected chi connectivity index (χ0v) is 18.0. The first-order valence-corrected chi connectivity index (χ1v) is 10.8. The molecule has 8 heteroatoms. The predicted octanol–water partition coefficient (Wildman–Crippen LogP) is 4.15. The molecule has 2 N–H and O–H groups in total. The molecule has 0 radical (unpaired) electrons. The summed E-state index contributed by atoms with van der Waals surface area (Å²) in [6.07, 6.45) is 1.80. The van der Waals surface area contributed by atoms with Crippen molar-refractivity contribution < 1.29 is 9.53 Å². The average Bonchev–Trinajstić information content (AvgIpc) is 3.23. The number of carbonyl (C=O) groups is 1. The third kappa shape index (κ3) is 4.34. The van der Waals surface area contributed by atoms with Crippen molar-refractivity contribution in [3.05, 3.63) is 71.1 Å². The number of amides is 1. The Labute approximate surface area is 183 Å². The molecule has 0 aliphatic carbocycles. The minimum absolute atomic E-state index is 0.125. The van der Waals surface area contributed by atoms with E-state index in [-0.39, 0.29) is 17.2 Å². The summed E-state index contributed by atoms with van der Waals surface area (Å²) in [5.74, 6) is 0.603. The smallest absolute Gasteiger partial charge is 0.278 e. The van der Waals surface area contributed by atoms with Crippen LogP contribution in [0.25, 0.3) is 22.2 Å². The van der Waals surface area contributed by atoms with Crippen LogP contribution in [0.2, 0.25) is 0 Å². The first kappa shape index (κ1) is 20.7. The molecule has 4 aromatic rings. The number of carbonyl (C=O) groups excluding carboxylic acids is 1. The van der Waals surface area contributed by atoms with E-state index in [0.717, 1.165) is 11.1 Å². The van der Waals surface area contributed by atoms with Crippen LogP contribution >= 0.6 is 11.8 Å². The van der Waals surface area contributed by atoms with E-state index in [1.807, 2.05) is 49.4 Å². The Balaban J connectivity index is 1.60. The van der Waals surface area contributed by atoms with Gasteiger partial charge in [-0.2, -0.15) is 0 Å². The number of thioether (sulfide) groups is 1. The minimum Gasteiger partial charge on any atom is -0.497 e. The molecule has 158 valence electrons. The summed E-state index contributed by atoms with van der Waals surface area (Å²) in [7, 11) is 1.58. The van der Waals surface area contributed by atoms with Crippen molar-refractivity contribution in [1.29, 1.82) is 0 Å². The second-order valence-corrected chi connectivity index (χ2v) is 7.75. The molecule has 0 fully saturated rings. The molecule has 0 saturated carbocycles. The van der Waals surface area contributed by atoms with Gasteiger partial charge in [0.15, 0.2) is 5.16 Å². The lowest BCUT2D eigenvalue weighted by molar-refractivity contribution is -0.113. The summed E-state index contributed by atoms with van der Waals surface area (Å²) < 4.78 is 6.76. The highest BCUT2D eigenvalue weighted by Gasteiger charge is 2.17. The summed E-state index contributed by atoms with van der Waals surface area (Å²) >= 11 is 1.24. The van der Waals surface area contributed by atoms with Crippen LogP contribution in [0.5, 0.6) is 5.75 Å². The molecule has 31 heavy (non-hydrogen) atoms. The number of fused-ring (bicyclic) bond motifs is 1. The Bertz CT molecular complexity index is 1280. The molecule has 0 spiro atoms. The van der Waals surface area contributed by atoms with Crippen molar-refractivity contribution >= 4 is 34.4 Å². The average molecular weight is 435 g/mol. The fourth-order valence-electron chi connectivity index (χ4n) is 3.33. The van der Waals surface area contributed by atoms with E-state index in [0.29, 0.717) is 34.2 Å². The molecule has 7 nitrogen and oxygen atoms in total. The molecular weight excluding hydrogens is 412 g/mol. The number of hydrogen-bond acceptors (Lipinski definition) is 5. The maximum absolute atomic E-state index is 13.0. The van der Waals surface area contributed by atoms with Crippen molar-refractivity contribution in [1.82, 2.24) is 14.5 Å². The minimum atomic E-state index is -0.187. The number of methoxy groups -OCH3 is 1.